The number of amides is 1. The first kappa shape index (κ1) is 12.1. The van der Waals surface area contributed by atoms with Crippen LogP contribution in [0.1, 0.15) is 31.2 Å². The minimum atomic E-state index is -0.0977. The summed E-state index contributed by atoms with van der Waals surface area (Å²) in [6.07, 6.45) is 1.70. The molecule has 2 unspecified atom stereocenters. The summed E-state index contributed by atoms with van der Waals surface area (Å²) in [4.78, 5) is 11.9. The molecular formula is C14H19NO2. The first-order valence-electron chi connectivity index (χ1n) is 6.22. The lowest BCUT2D eigenvalue weighted by atomic mass is 10.1. The number of benzene rings is 1. The van der Waals surface area contributed by atoms with Crippen molar-refractivity contribution in [3.63, 3.8) is 0 Å². The van der Waals surface area contributed by atoms with E-state index in [-0.39, 0.29) is 24.5 Å². The zero-order chi connectivity index (χ0) is 12.3. The summed E-state index contributed by atoms with van der Waals surface area (Å²) in [5, 5.41) is 11.9. The van der Waals surface area contributed by atoms with Gasteiger partial charge in [-0.15, -0.1) is 0 Å². The van der Waals surface area contributed by atoms with Crippen LogP contribution in [0, 0.1) is 5.92 Å². The minimum Gasteiger partial charge on any atom is -0.394 e. The molecule has 3 nitrogen and oxygen atoms in total. The molecule has 0 radical (unpaired) electrons. The van der Waals surface area contributed by atoms with Crippen molar-refractivity contribution in [3.8, 4) is 0 Å². The topological polar surface area (TPSA) is 49.3 Å². The van der Waals surface area contributed by atoms with Crippen LogP contribution in [0.3, 0.4) is 0 Å². The molecule has 0 bridgehead atoms. The fourth-order valence-electron chi connectivity index (χ4n) is 2.14. The molecule has 0 heterocycles. The first-order valence-corrected chi connectivity index (χ1v) is 6.22. The number of rotatable bonds is 5. The van der Waals surface area contributed by atoms with Gasteiger partial charge in [-0.1, -0.05) is 37.3 Å². The van der Waals surface area contributed by atoms with Crippen molar-refractivity contribution in [2.24, 2.45) is 5.92 Å². The molecule has 1 aliphatic carbocycles. The number of nitrogens with one attached hydrogen (secondary N) is 1. The fraction of sp³-hybridized carbons (Fsp3) is 0.500. The average molecular weight is 233 g/mol. The highest BCUT2D eigenvalue weighted by Crippen LogP contribution is 2.47. The molecule has 1 amide bonds. The van der Waals surface area contributed by atoms with Crippen LogP contribution in [0.2, 0.25) is 0 Å². The normalized spacial score (nSPS) is 24.1. The van der Waals surface area contributed by atoms with E-state index >= 15 is 0 Å². The second-order valence-electron chi connectivity index (χ2n) is 4.66. The molecule has 0 spiro atoms. The Bertz CT molecular complexity index is 373. The molecule has 2 rings (SSSR count). The van der Waals surface area contributed by atoms with Gasteiger partial charge < -0.3 is 10.4 Å². The van der Waals surface area contributed by atoms with Crippen LogP contribution in [-0.2, 0) is 4.79 Å². The fourth-order valence-corrected chi connectivity index (χ4v) is 2.14. The molecule has 3 heteroatoms. The Morgan fingerprint density at radius 2 is 2.18 bits per heavy atom. The minimum absolute atomic E-state index is 0.0188. The molecule has 0 aliphatic heterocycles. The van der Waals surface area contributed by atoms with Gasteiger partial charge in [-0.3, -0.25) is 4.79 Å². The molecule has 0 saturated heterocycles. The van der Waals surface area contributed by atoms with Gasteiger partial charge in [-0.2, -0.15) is 0 Å². The van der Waals surface area contributed by atoms with Crippen molar-refractivity contribution < 1.29 is 9.90 Å². The van der Waals surface area contributed by atoms with E-state index in [0.29, 0.717) is 5.92 Å². The second kappa shape index (κ2) is 5.32. The van der Waals surface area contributed by atoms with Crippen LogP contribution < -0.4 is 5.32 Å². The molecule has 1 aromatic rings. The third-order valence-corrected chi connectivity index (χ3v) is 3.41. The molecule has 1 saturated carbocycles. The van der Waals surface area contributed by atoms with Gasteiger partial charge >= 0.3 is 0 Å². The summed E-state index contributed by atoms with van der Waals surface area (Å²) in [5.41, 5.74) is 1.24. The van der Waals surface area contributed by atoms with Crippen LogP contribution in [0.5, 0.6) is 0 Å². The maximum absolute atomic E-state index is 11.9. The van der Waals surface area contributed by atoms with Gasteiger partial charge in [-0.25, -0.2) is 0 Å². The van der Waals surface area contributed by atoms with Gasteiger partial charge in [0.2, 0.25) is 5.91 Å². The Balaban J connectivity index is 1.88. The highest BCUT2D eigenvalue weighted by atomic mass is 16.3. The Morgan fingerprint density at radius 1 is 1.47 bits per heavy atom. The molecule has 0 aromatic heterocycles. The van der Waals surface area contributed by atoms with Gasteiger partial charge in [0.15, 0.2) is 0 Å². The highest BCUT2D eigenvalue weighted by Gasteiger charge is 2.44. The van der Waals surface area contributed by atoms with Gasteiger partial charge in [0.05, 0.1) is 12.6 Å². The van der Waals surface area contributed by atoms with E-state index in [9.17, 15) is 4.79 Å². The number of hydrogen-bond donors (Lipinski definition) is 2. The van der Waals surface area contributed by atoms with Gasteiger partial charge in [-0.05, 0) is 24.3 Å². The van der Waals surface area contributed by atoms with E-state index in [1.54, 1.807) is 0 Å². The molecule has 1 fully saturated rings. The molecular weight excluding hydrogens is 214 g/mol. The van der Waals surface area contributed by atoms with E-state index in [0.717, 1.165) is 12.8 Å². The van der Waals surface area contributed by atoms with E-state index in [2.05, 4.69) is 17.4 Å². The Hall–Kier alpha value is -1.35. The van der Waals surface area contributed by atoms with Crippen molar-refractivity contribution in [2.75, 3.05) is 6.61 Å². The van der Waals surface area contributed by atoms with Crippen LogP contribution in [0.4, 0.5) is 0 Å². The van der Waals surface area contributed by atoms with E-state index < -0.39 is 0 Å². The number of aliphatic hydroxyl groups is 1. The summed E-state index contributed by atoms with van der Waals surface area (Å²) in [6, 6.07) is 10.0. The van der Waals surface area contributed by atoms with Gasteiger partial charge in [0.25, 0.3) is 0 Å². The van der Waals surface area contributed by atoms with Crippen molar-refractivity contribution in [3.05, 3.63) is 35.9 Å². The van der Waals surface area contributed by atoms with Crippen molar-refractivity contribution in [1.29, 1.82) is 0 Å². The Labute approximate surface area is 102 Å². The summed E-state index contributed by atoms with van der Waals surface area (Å²) in [6.45, 7) is 1.98. The van der Waals surface area contributed by atoms with Crippen molar-refractivity contribution in [2.45, 2.75) is 31.7 Å². The molecule has 1 aliphatic rings. The lowest BCUT2D eigenvalue weighted by Gasteiger charge is -2.13. The summed E-state index contributed by atoms with van der Waals surface area (Å²) >= 11 is 0. The maximum Gasteiger partial charge on any atom is 0.224 e. The smallest absolute Gasteiger partial charge is 0.224 e. The van der Waals surface area contributed by atoms with E-state index in [1.807, 2.05) is 25.1 Å². The monoisotopic (exact) mass is 233 g/mol. The van der Waals surface area contributed by atoms with Gasteiger partial charge in [0, 0.05) is 5.92 Å². The number of aliphatic hydroxyl groups excluding tert-OH is 1. The summed E-state index contributed by atoms with van der Waals surface area (Å²) in [7, 11) is 0. The van der Waals surface area contributed by atoms with Crippen LogP contribution >= 0.6 is 0 Å². The van der Waals surface area contributed by atoms with Crippen molar-refractivity contribution in [1.82, 2.24) is 5.32 Å². The zero-order valence-electron chi connectivity index (χ0n) is 10.1. The zero-order valence-corrected chi connectivity index (χ0v) is 10.1. The third kappa shape index (κ3) is 2.86. The SMILES string of the molecule is CC[C@H](CO)NC(=O)C1CC1c1ccccc1. The molecule has 92 valence electrons. The molecule has 17 heavy (non-hydrogen) atoms. The van der Waals surface area contributed by atoms with Crippen molar-refractivity contribution >= 4 is 5.91 Å². The van der Waals surface area contributed by atoms with E-state index in [4.69, 9.17) is 5.11 Å². The third-order valence-electron chi connectivity index (χ3n) is 3.41. The Kier molecular flexibility index (Phi) is 3.79. The van der Waals surface area contributed by atoms with E-state index in [1.165, 1.54) is 5.56 Å². The summed E-state index contributed by atoms with van der Waals surface area (Å²) < 4.78 is 0. The Morgan fingerprint density at radius 3 is 2.76 bits per heavy atom. The lowest BCUT2D eigenvalue weighted by Crippen LogP contribution is -2.38. The average Bonchev–Trinajstić information content (AvgIpc) is 3.17. The van der Waals surface area contributed by atoms with Crippen LogP contribution in [0.25, 0.3) is 0 Å². The van der Waals surface area contributed by atoms with Crippen LogP contribution in [0.15, 0.2) is 30.3 Å². The molecule has 1 aromatic carbocycles. The second-order valence-corrected chi connectivity index (χ2v) is 4.66. The summed E-state index contributed by atoms with van der Waals surface area (Å²) in [5.74, 6) is 0.546. The standard InChI is InChI=1S/C14H19NO2/c1-2-11(9-16)15-14(17)13-8-12(13)10-6-4-3-5-7-10/h3-7,11-13,16H,2,8-9H2,1H3,(H,15,17)/t11-,12?,13?/m1/s1. The van der Waals surface area contributed by atoms with Crippen LogP contribution in [-0.4, -0.2) is 23.7 Å². The number of carbonyl (C=O) groups is 1. The first-order chi connectivity index (χ1) is 8.26. The quantitative estimate of drug-likeness (QED) is 0.813. The lowest BCUT2D eigenvalue weighted by molar-refractivity contribution is -0.123. The maximum atomic E-state index is 11.9. The molecule has 2 N–H and O–H groups in total. The number of hydrogen-bond acceptors (Lipinski definition) is 2. The predicted octanol–water partition coefficient (Wildman–Crippen LogP) is 1.68. The van der Waals surface area contributed by atoms with Gasteiger partial charge in [0.1, 0.15) is 0 Å². The number of carbonyl (C=O) groups excluding carboxylic acids is 1. The largest absolute Gasteiger partial charge is 0.394 e. The predicted molar refractivity (Wildman–Crippen MR) is 66.6 cm³/mol. The highest BCUT2D eigenvalue weighted by molar-refractivity contribution is 5.83. The molecule has 3 atom stereocenters.